The Labute approximate surface area is 152 Å². The smallest absolute Gasteiger partial charge is 0.241 e. The van der Waals surface area contributed by atoms with E-state index in [1.54, 1.807) is 14.0 Å². The molecule has 2 N–H and O–H groups in total. The summed E-state index contributed by atoms with van der Waals surface area (Å²) in [5, 5.41) is 6.19. The lowest BCUT2D eigenvalue weighted by atomic mass is 10.0. The Kier molecular flexibility index (Phi) is 6.79. The molecule has 0 bridgehead atoms. The molecule has 0 saturated carbocycles. The summed E-state index contributed by atoms with van der Waals surface area (Å²) in [7, 11) is 1.62. The minimum absolute atomic E-state index is 0.0235. The van der Waals surface area contributed by atoms with Gasteiger partial charge in [-0.2, -0.15) is 0 Å². The summed E-state index contributed by atoms with van der Waals surface area (Å²) in [6.45, 7) is 3.82. The van der Waals surface area contributed by atoms with Crippen LogP contribution in [0.5, 0.6) is 5.75 Å². The van der Waals surface area contributed by atoms with Crippen molar-refractivity contribution in [2.75, 3.05) is 12.4 Å². The first-order chi connectivity index (χ1) is 11.9. The van der Waals surface area contributed by atoms with Crippen LogP contribution in [0.3, 0.4) is 0 Å². The van der Waals surface area contributed by atoms with Crippen LogP contribution < -0.4 is 15.4 Å². The number of anilines is 1. The number of carbonyl (C=O) groups excluding carboxylic acids is 1. The Balaban J connectivity index is 2.02. The van der Waals surface area contributed by atoms with E-state index in [2.05, 4.69) is 10.6 Å². The topological polar surface area (TPSA) is 50.4 Å². The zero-order valence-corrected chi connectivity index (χ0v) is 15.2. The molecular formula is C19H22ClFN2O2. The Morgan fingerprint density at radius 3 is 2.48 bits per heavy atom. The van der Waals surface area contributed by atoms with Gasteiger partial charge in [-0.05, 0) is 49.2 Å². The van der Waals surface area contributed by atoms with Crippen LogP contribution in [0, 0.1) is 5.82 Å². The molecule has 0 radical (unpaired) electrons. The molecule has 1 amide bonds. The fourth-order valence-corrected chi connectivity index (χ4v) is 2.71. The van der Waals surface area contributed by atoms with Gasteiger partial charge in [0.25, 0.3) is 0 Å². The second kappa shape index (κ2) is 8.83. The van der Waals surface area contributed by atoms with Gasteiger partial charge in [0.15, 0.2) is 0 Å². The molecule has 2 aromatic rings. The van der Waals surface area contributed by atoms with Crippen LogP contribution in [0.15, 0.2) is 42.5 Å². The molecule has 25 heavy (non-hydrogen) atoms. The van der Waals surface area contributed by atoms with E-state index in [0.717, 1.165) is 17.7 Å². The van der Waals surface area contributed by atoms with E-state index in [-0.39, 0.29) is 17.0 Å². The highest BCUT2D eigenvalue weighted by Gasteiger charge is 2.19. The van der Waals surface area contributed by atoms with E-state index in [9.17, 15) is 9.18 Å². The minimum Gasteiger partial charge on any atom is -0.497 e. The minimum atomic E-state index is -0.451. The summed E-state index contributed by atoms with van der Waals surface area (Å²) in [5.74, 6) is 0.107. The fourth-order valence-electron chi connectivity index (χ4n) is 2.50. The first-order valence-corrected chi connectivity index (χ1v) is 8.48. The number of nitrogens with one attached hydrogen (secondary N) is 2. The van der Waals surface area contributed by atoms with Crippen molar-refractivity contribution >= 4 is 23.2 Å². The fraction of sp³-hybridized carbons (Fsp3) is 0.316. The molecule has 4 nitrogen and oxygen atoms in total. The molecule has 134 valence electrons. The van der Waals surface area contributed by atoms with Gasteiger partial charge in [0, 0.05) is 6.04 Å². The summed E-state index contributed by atoms with van der Waals surface area (Å²) < 4.78 is 18.2. The first-order valence-electron chi connectivity index (χ1n) is 8.10. The van der Waals surface area contributed by atoms with Crippen molar-refractivity contribution in [3.63, 3.8) is 0 Å². The number of rotatable bonds is 7. The summed E-state index contributed by atoms with van der Waals surface area (Å²) in [6.07, 6.45) is 0.821. The summed E-state index contributed by atoms with van der Waals surface area (Å²) in [4.78, 5) is 12.4. The highest BCUT2D eigenvalue weighted by atomic mass is 35.5. The summed E-state index contributed by atoms with van der Waals surface area (Å²) in [5.41, 5.74) is 1.46. The first kappa shape index (κ1) is 19.2. The van der Waals surface area contributed by atoms with Gasteiger partial charge in [-0.1, -0.05) is 30.7 Å². The lowest BCUT2D eigenvalue weighted by Gasteiger charge is -2.22. The zero-order valence-electron chi connectivity index (χ0n) is 14.5. The van der Waals surface area contributed by atoms with Gasteiger partial charge in [0.05, 0.1) is 23.9 Å². The van der Waals surface area contributed by atoms with Crippen molar-refractivity contribution < 1.29 is 13.9 Å². The standard InChI is InChI=1S/C19H22ClFN2O2/c1-4-17(13-5-8-15(25-3)9-6-13)22-12(2)19(24)23-18-10-7-14(21)11-16(18)20/h5-12,17,22H,4H2,1-3H3,(H,23,24)/t12-,17+/m0/s1. The van der Waals surface area contributed by atoms with Gasteiger partial charge >= 0.3 is 0 Å². The van der Waals surface area contributed by atoms with Crippen LogP contribution in [0.1, 0.15) is 31.9 Å². The van der Waals surface area contributed by atoms with E-state index < -0.39 is 11.9 Å². The highest BCUT2D eigenvalue weighted by molar-refractivity contribution is 6.33. The highest BCUT2D eigenvalue weighted by Crippen LogP contribution is 2.23. The van der Waals surface area contributed by atoms with E-state index in [4.69, 9.17) is 16.3 Å². The van der Waals surface area contributed by atoms with Gasteiger partial charge in [-0.15, -0.1) is 0 Å². The molecule has 0 aliphatic rings. The van der Waals surface area contributed by atoms with Crippen molar-refractivity contribution in [3.05, 3.63) is 58.9 Å². The molecule has 2 atom stereocenters. The van der Waals surface area contributed by atoms with Gasteiger partial charge in [0.1, 0.15) is 11.6 Å². The van der Waals surface area contributed by atoms with Crippen LogP contribution in [0.25, 0.3) is 0 Å². The number of halogens is 2. The monoisotopic (exact) mass is 364 g/mol. The van der Waals surface area contributed by atoms with Gasteiger partial charge in [-0.3, -0.25) is 10.1 Å². The number of methoxy groups -OCH3 is 1. The Bertz CT molecular complexity index is 722. The summed E-state index contributed by atoms with van der Waals surface area (Å²) >= 11 is 5.95. The van der Waals surface area contributed by atoms with Crippen LogP contribution in [-0.4, -0.2) is 19.1 Å². The second-order valence-corrected chi connectivity index (χ2v) is 6.14. The molecule has 2 aromatic carbocycles. The van der Waals surface area contributed by atoms with Gasteiger partial charge in [-0.25, -0.2) is 4.39 Å². The number of amides is 1. The van der Waals surface area contributed by atoms with Crippen molar-refractivity contribution in [1.29, 1.82) is 0 Å². The third kappa shape index (κ3) is 5.18. The number of hydrogen-bond acceptors (Lipinski definition) is 3. The average Bonchev–Trinajstić information content (AvgIpc) is 2.61. The molecule has 0 aliphatic carbocycles. The van der Waals surface area contributed by atoms with Crippen LogP contribution in [0.2, 0.25) is 5.02 Å². The van der Waals surface area contributed by atoms with Crippen LogP contribution >= 0.6 is 11.6 Å². The van der Waals surface area contributed by atoms with E-state index >= 15 is 0 Å². The molecule has 0 aliphatic heterocycles. The molecule has 0 spiro atoms. The number of hydrogen-bond donors (Lipinski definition) is 2. The quantitative estimate of drug-likeness (QED) is 0.757. The average molecular weight is 365 g/mol. The molecule has 2 rings (SSSR count). The largest absolute Gasteiger partial charge is 0.497 e. The van der Waals surface area contributed by atoms with Gasteiger partial charge < -0.3 is 10.1 Å². The SMILES string of the molecule is CC[C@@H](N[C@@H](C)C(=O)Nc1ccc(F)cc1Cl)c1ccc(OC)cc1. The number of carbonyl (C=O) groups is 1. The molecular weight excluding hydrogens is 343 g/mol. The normalized spacial score (nSPS) is 13.2. The maximum Gasteiger partial charge on any atom is 0.241 e. The summed E-state index contributed by atoms with van der Waals surface area (Å²) in [6, 6.07) is 11.2. The van der Waals surface area contributed by atoms with E-state index in [0.29, 0.717) is 5.69 Å². The maximum atomic E-state index is 13.1. The lowest BCUT2D eigenvalue weighted by Crippen LogP contribution is -2.40. The van der Waals surface area contributed by atoms with E-state index in [1.165, 1.54) is 18.2 Å². The molecule has 6 heteroatoms. The Morgan fingerprint density at radius 1 is 1.24 bits per heavy atom. The van der Waals surface area contributed by atoms with Crippen molar-refractivity contribution in [2.45, 2.75) is 32.4 Å². The van der Waals surface area contributed by atoms with Crippen molar-refractivity contribution in [1.82, 2.24) is 5.32 Å². The molecule has 0 aromatic heterocycles. The zero-order chi connectivity index (χ0) is 18.4. The van der Waals surface area contributed by atoms with E-state index in [1.807, 2.05) is 31.2 Å². The third-order valence-electron chi connectivity index (χ3n) is 3.96. The molecule has 0 fully saturated rings. The number of benzene rings is 2. The van der Waals surface area contributed by atoms with Crippen molar-refractivity contribution in [3.8, 4) is 5.75 Å². The Hall–Kier alpha value is -2.11. The number of ether oxygens (including phenoxy) is 1. The lowest BCUT2D eigenvalue weighted by molar-refractivity contribution is -0.118. The molecule has 0 unspecified atom stereocenters. The van der Waals surface area contributed by atoms with Crippen LogP contribution in [-0.2, 0) is 4.79 Å². The predicted molar refractivity (Wildman–Crippen MR) is 98.7 cm³/mol. The predicted octanol–water partition coefficient (Wildman–Crippen LogP) is 4.56. The molecule has 0 heterocycles. The van der Waals surface area contributed by atoms with Gasteiger partial charge in [0.2, 0.25) is 5.91 Å². The van der Waals surface area contributed by atoms with Crippen molar-refractivity contribution in [2.24, 2.45) is 0 Å². The third-order valence-corrected chi connectivity index (χ3v) is 4.27. The molecule has 0 saturated heterocycles. The second-order valence-electron chi connectivity index (χ2n) is 5.74. The Morgan fingerprint density at radius 2 is 1.92 bits per heavy atom. The van der Waals surface area contributed by atoms with Crippen LogP contribution in [0.4, 0.5) is 10.1 Å². The maximum absolute atomic E-state index is 13.1.